The number of allylic oxidation sites excluding steroid dienone is 6. The number of hydrogen-bond donors (Lipinski definition) is 0. The molecule has 5 rings (SSSR count). The first-order valence-electron chi connectivity index (χ1n) is 16.2. The predicted molar refractivity (Wildman–Crippen MR) is 174 cm³/mol. The van der Waals surface area contributed by atoms with Crippen LogP contribution in [0.1, 0.15) is 73.1 Å². The van der Waals surface area contributed by atoms with E-state index in [-0.39, 0.29) is 18.3 Å². The molecule has 0 amide bonds. The van der Waals surface area contributed by atoms with Crippen molar-refractivity contribution in [2.24, 2.45) is 29.6 Å². The van der Waals surface area contributed by atoms with E-state index >= 15 is 0 Å². The second-order valence-corrected chi connectivity index (χ2v) is 19.4. The van der Waals surface area contributed by atoms with Crippen LogP contribution in [0.15, 0.2) is 58.1 Å². The van der Waals surface area contributed by atoms with Gasteiger partial charge in [-0.15, -0.1) is 18.0 Å². The van der Waals surface area contributed by atoms with Gasteiger partial charge in [0.1, 0.15) is 11.9 Å². The van der Waals surface area contributed by atoms with E-state index in [0.29, 0.717) is 40.7 Å². The van der Waals surface area contributed by atoms with E-state index in [1.807, 2.05) is 21.3 Å². The minimum absolute atomic E-state index is 0.0342. The van der Waals surface area contributed by atoms with Gasteiger partial charge in [-0.25, -0.2) is 0 Å². The molecule has 0 bridgehead atoms. The zero-order valence-corrected chi connectivity index (χ0v) is 28.6. The SMILES string of the molecule is C=C(C)[Si](C#CC1C2CC3=C(C=C2CC2C=C4C=C(OC)C(OC)CC4CC21)CC(OC)C(OC)C3)(C(C)C)C(C)C. The molecule has 8 atom stereocenters. The molecule has 0 saturated heterocycles. The molecule has 0 aromatic carbocycles. The Bertz CT molecular complexity index is 1230. The van der Waals surface area contributed by atoms with E-state index in [1.165, 1.54) is 22.8 Å². The quantitative estimate of drug-likeness (QED) is 0.222. The van der Waals surface area contributed by atoms with E-state index in [1.54, 1.807) is 18.3 Å². The molecule has 0 N–H and O–H groups in total. The summed E-state index contributed by atoms with van der Waals surface area (Å²) < 4.78 is 23.4. The Labute approximate surface area is 256 Å². The molecule has 42 heavy (non-hydrogen) atoms. The van der Waals surface area contributed by atoms with Gasteiger partial charge in [0.2, 0.25) is 0 Å². The molecule has 5 heteroatoms. The third kappa shape index (κ3) is 5.47. The average molecular weight is 591 g/mol. The van der Waals surface area contributed by atoms with Gasteiger partial charge in [0.25, 0.3) is 0 Å². The Morgan fingerprint density at radius 2 is 1.60 bits per heavy atom. The minimum atomic E-state index is -2.04. The summed E-state index contributed by atoms with van der Waals surface area (Å²) in [5, 5.41) is 1.33. The van der Waals surface area contributed by atoms with Gasteiger partial charge < -0.3 is 18.9 Å². The number of methoxy groups -OCH3 is 4. The van der Waals surface area contributed by atoms with Crippen LogP contribution in [0, 0.1) is 41.1 Å². The van der Waals surface area contributed by atoms with Gasteiger partial charge in [0, 0.05) is 33.7 Å². The summed E-state index contributed by atoms with van der Waals surface area (Å²) in [6.45, 7) is 16.3. The summed E-state index contributed by atoms with van der Waals surface area (Å²) in [7, 11) is 5.19. The Morgan fingerprint density at radius 3 is 2.19 bits per heavy atom. The highest BCUT2D eigenvalue weighted by atomic mass is 28.3. The van der Waals surface area contributed by atoms with Crippen molar-refractivity contribution in [2.45, 2.75) is 103 Å². The van der Waals surface area contributed by atoms with Crippen molar-refractivity contribution in [3.8, 4) is 11.5 Å². The Morgan fingerprint density at radius 1 is 0.905 bits per heavy atom. The van der Waals surface area contributed by atoms with Gasteiger partial charge in [-0.3, -0.25) is 0 Å². The summed E-state index contributed by atoms with van der Waals surface area (Å²) in [5.41, 5.74) is 11.3. The molecule has 0 aromatic heterocycles. The van der Waals surface area contributed by atoms with Gasteiger partial charge in [0.15, 0.2) is 8.07 Å². The number of hydrogen-bond acceptors (Lipinski definition) is 4. The lowest BCUT2D eigenvalue weighted by atomic mass is 9.55. The lowest BCUT2D eigenvalue weighted by Crippen LogP contribution is -2.44. The lowest BCUT2D eigenvalue weighted by molar-refractivity contribution is -0.0403. The molecule has 1 fully saturated rings. The van der Waals surface area contributed by atoms with Crippen molar-refractivity contribution in [3.63, 3.8) is 0 Å². The number of ether oxygens (including phenoxy) is 4. The van der Waals surface area contributed by atoms with E-state index in [0.717, 1.165) is 37.9 Å². The molecule has 0 radical (unpaired) electrons. The fraction of sp³-hybridized carbons (Fsp3) is 0.676. The smallest absolute Gasteiger partial charge is 0.168 e. The zero-order valence-electron chi connectivity index (χ0n) is 27.6. The second-order valence-electron chi connectivity index (χ2n) is 14.2. The fourth-order valence-corrected chi connectivity index (χ4v) is 13.9. The molecule has 1 saturated carbocycles. The summed E-state index contributed by atoms with van der Waals surface area (Å²) in [4.78, 5) is 0. The molecule has 0 heterocycles. The van der Waals surface area contributed by atoms with Crippen molar-refractivity contribution in [3.05, 3.63) is 58.1 Å². The molecule has 4 nitrogen and oxygen atoms in total. The van der Waals surface area contributed by atoms with Crippen molar-refractivity contribution in [1.29, 1.82) is 0 Å². The molecular weight excluding hydrogens is 536 g/mol. The van der Waals surface area contributed by atoms with Crippen LogP contribution in [0.3, 0.4) is 0 Å². The van der Waals surface area contributed by atoms with Crippen LogP contribution in [0.2, 0.25) is 11.1 Å². The Hall–Kier alpha value is -1.84. The van der Waals surface area contributed by atoms with Crippen LogP contribution in [0.5, 0.6) is 0 Å². The maximum atomic E-state index is 5.91. The highest BCUT2D eigenvalue weighted by molar-refractivity contribution is 6.95. The monoisotopic (exact) mass is 590 g/mol. The van der Waals surface area contributed by atoms with Crippen molar-refractivity contribution >= 4 is 8.07 Å². The van der Waals surface area contributed by atoms with E-state index in [4.69, 9.17) is 18.9 Å². The largest absolute Gasteiger partial charge is 0.498 e. The molecule has 0 spiro atoms. The third-order valence-corrected chi connectivity index (χ3v) is 17.2. The average Bonchev–Trinajstić information content (AvgIpc) is 2.96. The summed E-state index contributed by atoms with van der Waals surface area (Å²) in [6, 6.07) is 0. The van der Waals surface area contributed by atoms with Crippen LogP contribution in [0.25, 0.3) is 0 Å². The van der Waals surface area contributed by atoms with Crippen LogP contribution in [-0.2, 0) is 18.9 Å². The maximum absolute atomic E-state index is 5.91. The lowest BCUT2D eigenvalue weighted by Gasteiger charge is -2.49. The van der Waals surface area contributed by atoms with E-state index < -0.39 is 8.07 Å². The van der Waals surface area contributed by atoms with Gasteiger partial charge >= 0.3 is 0 Å². The molecular formula is C37H54O4Si. The zero-order chi connectivity index (χ0) is 30.3. The molecule has 5 aliphatic carbocycles. The maximum Gasteiger partial charge on any atom is 0.168 e. The third-order valence-electron chi connectivity index (χ3n) is 11.6. The van der Waals surface area contributed by atoms with Gasteiger partial charge in [-0.05, 0) is 91.0 Å². The number of fused-ring (bicyclic) bond motifs is 3. The van der Waals surface area contributed by atoms with Crippen molar-refractivity contribution < 1.29 is 18.9 Å². The van der Waals surface area contributed by atoms with Crippen LogP contribution >= 0.6 is 0 Å². The Kier molecular flexibility index (Phi) is 9.50. The van der Waals surface area contributed by atoms with E-state index in [2.05, 4.69) is 70.9 Å². The second kappa shape index (κ2) is 12.6. The number of rotatable bonds is 7. The van der Waals surface area contributed by atoms with Gasteiger partial charge in [-0.1, -0.05) is 56.2 Å². The van der Waals surface area contributed by atoms with Gasteiger partial charge in [0.05, 0.1) is 19.3 Å². The molecule has 0 aliphatic heterocycles. The topological polar surface area (TPSA) is 36.9 Å². The van der Waals surface area contributed by atoms with Crippen LogP contribution in [0.4, 0.5) is 0 Å². The molecule has 8 unspecified atom stereocenters. The summed E-state index contributed by atoms with van der Waals surface area (Å²) >= 11 is 0. The van der Waals surface area contributed by atoms with Crippen molar-refractivity contribution in [1.82, 2.24) is 0 Å². The van der Waals surface area contributed by atoms with Crippen LogP contribution in [-0.4, -0.2) is 54.8 Å². The van der Waals surface area contributed by atoms with Crippen LogP contribution < -0.4 is 0 Å². The summed E-state index contributed by atoms with van der Waals surface area (Å²) in [6.07, 6.45) is 14.0. The fourth-order valence-electron chi connectivity index (χ4n) is 9.37. The highest BCUT2D eigenvalue weighted by Gasteiger charge is 2.48. The molecule has 5 aliphatic rings. The normalized spacial score (nSPS) is 34.2. The Balaban J connectivity index is 1.59. The summed E-state index contributed by atoms with van der Waals surface area (Å²) in [5.74, 6) is 7.45. The first-order valence-corrected chi connectivity index (χ1v) is 18.4. The van der Waals surface area contributed by atoms with Gasteiger partial charge in [-0.2, -0.15) is 0 Å². The molecule has 230 valence electrons. The predicted octanol–water partition coefficient (Wildman–Crippen LogP) is 8.13. The van der Waals surface area contributed by atoms with Crippen molar-refractivity contribution in [2.75, 3.05) is 28.4 Å². The minimum Gasteiger partial charge on any atom is -0.498 e. The standard InChI is InChI=1S/C37H54O4Si/c1-22(2)42(23(3)4,24(5)6)12-11-31-32-16-27-20-36(40-9)34(38-7)18-25(27)13-29(32)15-30-14-26-19-35(39-8)37(41-10)21-28(26)17-33(30)31/h13-14,18,23-24,27,29,31-33,35-37H,1,15-17,19-21H2,2-10H3. The van der Waals surface area contributed by atoms with E-state index in [9.17, 15) is 0 Å². The molecule has 0 aromatic rings. The first kappa shape index (κ1) is 31.6. The highest BCUT2D eigenvalue weighted by Crippen LogP contribution is 2.55. The first-order chi connectivity index (χ1) is 20.1.